The van der Waals surface area contributed by atoms with Crippen molar-refractivity contribution in [2.45, 2.75) is 26.5 Å². The van der Waals surface area contributed by atoms with Gasteiger partial charge in [-0.25, -0.2) is 14.6 Å². The zero-order chi connectivity index (χ0) is 22.0. The fraction of sp³-hybridized carbons (Fsp3) is 0.261. The van der Waals surface area contributed by atoms with Gasteiger partial charge in [-0.05, 0) is 43.7 Å². The molecule has 160 valence electrons. The normalized spacial score (nSPS) is 15.8. The zero-order valence-corrected chi connectivity index (χ0v) is 17.5. The van der Waals surface area contributed by atoms with E-state index in [2.05, 4.69) is 4.98 Å². The summed E-state index contributed by atoms with van der Waals surface area (Å²) >= 11 is 0. The molecule has 1 atom stereocenters. The molecule has 8 heteroatoms. The predicted octanol–water partition coefficient (Wildman–Crippen LogP) is 4.28. The molecule has 8 nitrogen and oxygen atoms in total. The van der Waals surface area contributed by atoms with Crippen molar-refractivity contribution in [3.05, 3.63) is 65.5 Å². The lowest BCUT2D eigenvalue weighted by Gasteiger charge is -2.19. The summed E-state index contributed by atoms with van der Waals surface area (Å²) < 4.78 is 21.9. The van der Waals surface area contributed by atoms with Crippen LogP contribution in [-0.2, 0) is 16.1 Å². The largest absolute Gasteiger partial charge is 0.493 e. The van der Waals surface area contributed by atoms with Crippen LogP contribution in [0.1, 0.15) is 30.0 Å². The predicted molar refractivity (Wildman–Crippen MR) is 111 cm³/mol. The molecule has 0 N–H and O–H groups in total. The summed E-state index contributed by atoms with van der Waals surface area (Å²) in [5.41, 5.74) is 2.15. The number of aromatic nitrogens is 1. The number of carbonyl (C=O) groups excluding carboxylic acids is 2. The topological polar surface area (TPSA) is 91.1 Å². The molecule has 2 aromatic carbocycles. The minimum atomic E-state index is -0.799. The lowest BCUT2D eigenvalue weighted by Crippen LogP contribution is -2.28. The average Bonchev–Trinajstić information content (AvgIpc) is 3.30. The van der Waals surface area contributed by atoms with Gasteiger partial charge in [0.1, 0.15) is 18.1 Å². The van der Waals surface area contributed by atoms with E-state index in [1.165, 1.54) is 12.0 Å². The van der Waals surface area contributed by atoms with E-state index in [0.717, 1.165) is 5.56 Å². The van der Waals surface area contributed by atoms with Gasteiger partial charge < -0.3 is 18.6 Å². The van der Waals surface area contributed by atoms with Gasteiger partial charge in [0.25, 0.3) is 0 Å². The van der Waals surface area contributed by atoms with E-state index < -0.39 is 18.1 Å². The second-order valence-corrected chi connectivity index (χ2v) is 6.96. The maximum absolute atomic E-state index is 12.1. The summed E-state index contributed by atoms with van der Waals surface area (Å²) in [5, 5.41) is 0. The lowest BCUT2D eigenvalue weighted by molar-refractivity contribution is -0.136. The number of carbonyl (C=O) groups is 2. The van der Waals surface area contributed by atoms with Gasteiger partial charge in [-0.15, -0.1) is 0 Å². The van der Waals surface area contributed by atoms with E-state index in [0.29, 0.717) is 41.0 Å². The SMILES string of the molecule is CCN1C(=O)OC(=O)C1c1ccc(OCc2nc(-c3ccccc3)oc2C)c(OC)c1. The number of oxazole rings is 1. The number of hydrogen-bond acceptors (Lipinski definition) is 7. The monoisotopic (exact) mass is 422 g/mol. The fourth-order valence-corrected chi connectivity index (χ4v) is 3.45. The molecular formula is C23H22N2O6. The van der Waals surface area contributed by atoms with Crippen molar-refractivity contribution in [2.24, 2.45) is 0 Å². The van der Waals surface area contributed by atoms with Crippen LogP contribution in [-0.4, -0.2) is 35.6 Å². The Hall–Kier alpha value is -3.81. The molecule has 1 amide bonds. The van der Waals surface area contributed by atoms with Gasteiger partial charge in [0.2, 0.25) is 5.89 Å². The van der Waals surface area contributed by atoms with Crippen LogP contribution in [0.3, 0.4) is 0 Å². The minimum Gasteiger partial charge on any atom is -0.493 e. The minimum absolute atomic E-state index is 0.183. The number of hydrogen-bond donors (Lipinski definition) is 0. The van der Waals surface area contributed by atoms with Crippen LogP contribution in [0.5, 0.6) is 11.5 Å². The van der Waals surface area contributed by atoms with Gasteiger partial charge in [0.15, 0.2) is 17.5 Å². The lowest BCUT2D eigenvalue weighted by atomic mass is 10.1. The van der Waals surface area contributed by atoms with E-state index >= 15 is 0 Å². The highest BCUT2D eigenvalue weighted by atomic mass is 16.6. The van der Waals surface area contributed by atoms with Crippen molar-refractivity contribution in [1.82, 2.24) is 9.88 Å². The van der Waals surface area contributed by atoms with Crippen molar-refractivity contribution >= 4 is 12.1 Å². The first-order valence-electron chi connectivity index (χ1n) is 9.86. The molecule has 0 aliphatic carbocycles. The van der Waals surface area contributed by atoms with Gasteiger partial charge in [0.05, 0.1) is 7.11 Å². The van der Waals surface area contributed by atoms with E-state index in [4.69, 9.17) is 18.6 Å². The van der Waals surface area contributed by atoms with Crippen molar-refractivity contribution in [3.8, 4) is 23.0 Å². The zero-order valence-electron chi connectivity index (χ0n) is 17.5. The van der Waals surface area contributed by atoms with Gasteiger partial charge in [-0.2, -0.15) is 0 Å². The van der Waals surface area contributed by atoms with Crippen molar-refractivity contribution in [1.29, 1.82) is 0 Å². The van der Waals surface area contributed by atoms with Crippen LogP contribution in [0.4, 0.5) is 4.79 Å². The first-order valence-corrected chi connectivity index (χ1v) is 9.86. The molecule has 31 heavy (non-hydrogen) atoms. The third-order valence-electron chi connectivity index (χ3n) is 5.08. The molecule has 1 aliphatic heterocycles. The number of benzene rings is 2. The molecular weight excluding hydrogens is 400 g/mol. The molecule has 0 bridgehead atoms. The Labute approximate surface area is 179 Å². The van der Waals surface area contributed by atoms with E-state index in [9.17, 15) is 9.59 Å². The molecule has 1 unspecified atom stereocenters. The summed E-state index contributed by atoms with van der Waals surface area (Å²) in [4.78, 5) is 29.9. The third kappa shape index (κ3) is 3.96. The van der Waals surface area contributed by atoms with E-state index in [1.54, 1.807) is 25.1 Å². The number of rotatable bonds is 7. The summed E-state index contributed by atoms with van der Waals surface area (Å²) in [6.45, 7) is 4.15. The highest BCUT2D eigenvalue weighted by Crippen LogP contribution is 2.35. The number of esters is 1. The van der Waals surface area contributed by atoms with Crippen molar-refractivity contribution in [2.75, 3.05) is 13.7 Å². The second-order valence-electron chi connectivity index (χ2n) is 6.96. The van der Waals surface area contributed by atoms with Crippen LogP contribution in [0.25, 0.3) is 11.5 Å². The molecule has 1 aliphatic rings. The number of amides is 1. The average molecular weight is 422 g/mol. The quantitative estimate of drug-likeness (QED) is 0.415. The van der Waals surface area contributed by atoms with Crippen LogP contribution < -0.4 is 9.47 Å². The molecule has 0 spiro atoms. The third-order valence-corrected chi connectivity index (χ3v) is 5.08. The summed E-state index contributed by atoms with van der Waals surface area (Å²) in [5.74, 6) is 1.51. The molecule has 4 rings (SSSR count). The maximum Gasteiger partial charge on any atom is 0.418 e. The maximum atomic E-state index is 12.1. The van der Waals surface area contributed by atoms with Crippen LogP contribution in [0.2, 0.25) is 0 Å². The Kier molecular flexibility index (Phi) is 5.62. The number of ether oxygens (including phenoxy) is 3. The molecule has 0 saturated carbocycles. The van der Waals surface area contributed by atoms with E-state index in [1.807, 2.05) is 37.3 Å². The van der Waals surface area contributed by atoms with Gasteiger partial charge in [-0.1, -0.05) is 24.3 Å². The Bertz CT molecular complexity index is 1110. The fourth-order valence-electron chi connectivity index (χ4n) is 3.45. The number of nitrogens with zero attached hydrogens (tertiary/aromatic N) is 2. The molecule has 1 saturated heterocycles. The number of methoxy groups -OCH3 is 1. The van der Waals surface area contributed by atoms with Crippen molar-refractivity contribution in [3.63, 3.8) is 0 Å². The van der Waals surface area contributed by atoms with Gasteiger partial charge in [0, 0.05) is 12.1 Å². The summed E-state index contributed by atoms with van der Waals surface area (Å²) in [6.07, 6.45) is -0.646. The van der Waals surface area contributed by atoms with Crippen molar-refractivity contribution < 1.29 is 28.2 Å². The molecule has 0 radical (unpaired) electrons. The number of likely N-dealkylation sites (N-methyl/N-ethyl adjacent to an activating group) is 1. The smallest absolute Gasteiger partial charge is 0.418 e. The molecule has 3 aromatic rings. The molecule has 1 fully saturated rings. The first kappa shape index (κ1) is 20.5. The number of aryl methyl sites for hydroxylation is 1. The Morgan fingerprint density at radius 2 is 1.87 bits per heavy atom. The second kappa shape index (κ2) is 8.51. The first-order chi connectivity index (χ1) is 15.0. The van der Waals surface area contributed by atoms with Crippen LogP contribution >= 0.6 is 0 Å². The Morgan fingerprint density at radius 3 is 2.58 bits per heavy atom. The van der Waals surface area contributed by atoms with Gasteiger partial charge in [-0.3, -0.25) is 4.90 Å². The standard InChI is InChI=1S/C23H22N2O6/c1-4-25-20(22(26)31-23(25)27)16-10-11-18(19(12-16)28-3)29-13-17-14(2)30-21(24-17)15-8-6-5-7-9-15/h5-12,20H,4,13H2,1-3H3. The molecule has 2 heterocycles. The summed E-state index contributed by atoms with van der Waals surface area (Å²) in [7, 11) is 1.51. The van der Waals surface area contributed by atoms with E-state index in [-0.39, 0.29) is 6.61 Å². The van der Waals surface area contributed by atoms with Crippen LogP contribution in [0.15, 0.2) is 52.9 Å². The van der Waals surface area contributed by atoms with Gasteiger partial charge >= 0.3 is 12.1 Å². The Balaban J connectivity index is 1.53. The summed E-state index contributed by atoms with van der Waals surface area (Å²) in [6, 6.07) is 13.9. The number of cyclic esters (lactones) is 2. The highest BCUT2D eigenvalue weighted by Gasteiger charge is 2.41. The Morgan fingerprint density at radius 1 is 1.10 bits per heavy atom. The highest BCUT2D eigenvalue weighted by molar-refractivity contribution is 5.96. The van der Waals surface area contributed by atoms with Crippen LogP contribution in [0, 0.1) is 6.92 Å². The molecule has 1 aromatic heterocycles.